The molecule has 0 aliphatic rings. The SMILES string of the molecule is CCOc1ccc(NC(=O)c2ccccc2NS(=O)(=O)c2ccc(C)cc2)cc1. The van der Waals surface area contributed by atoms with Crippen molar-refractivity contribution in [3.05, 3.63) is 83.9 Å². The highest BCUT2D eigenvalue weighted by molar-refractivity contribution is 7.92. The summed E-state index contributed by atoms with van der Waals surface area (Å²) in [5, 5.41) is 2.77. The second-order valence-electron chi connectivity index (χ2n) is 6.38. The fourth-order valence-corrected chi connectivity index (χ4v) is 3.77. The van der Waals surface area contributed by atoms with Crippen LogP contribution in [0.15, 0.2) is 77.7 Å². The summed E-state index contributed by atoms with van der Waals surface area (Å²) in [6.45, 7) is 4.33. The molecule has 0 fully saturated rings. The molecule has 0 saturated carbocycles. The van der Waals surface area contributed by atoms with E-state index in [0.717, 1.165) is 5.56 Å². The number of anilines is 2. The third-order valence-corrected chi connectivity index (χ3v) is 5.55. The quantitative estimate of drug-likeness (QED) is 0.603. The number of benzene rings is 3. The van der Waals surface area contributed by atoms with E-state index in [1.54, 1.807) is 60.7 Å². The van der Waals surface area contributed by atoms with Gasteiger partial charge < -0.3 is 10.1 Å². The van der Waals surface area contributed by atoms with Gasteiger partial charge in [-0.2, -0.15) is 0 Å². The maximum absolute atomic E-state index is 12.7. The summed E-state index contributed by atoms with van der Waals surface area (Å²) >= 11 is 0. The number of carbonyl (C=O) groups is 1. The lowest BCUT2D eigenvalue weighted by atomic mass is 10.1. The van der Waals surface area contributed by atoms with Crippen molar-refractivity contribution in [2.75, 3.05) is 16.6 Å². The maximum Gasteiger partial charge on any atom is 0.261 e. The zero-order chi connectivity index (χ0) is 20.9. The number of hydrogen-bond donors (Lipinski definition) is 2. The molecule has 0 unspecified atom stereocenters. The molecular weight excluding hydrogens is 388 g/mol. The number of carbonyl (C=O) groups excluding carboxylic acids is 1. The molecule has 0 heterocycles. The van der Waals surface area contributed by atoms with Gasteiger partial charge in [0.05, 0.1) is 22.8 Å². The van der Waals surface area contributed by atoms with Crippen LogP contribution in [0.4, 0.5) is 11.4 Å². The number of ether oxygens (including phenoxy) is 1. The van der Waals surface area contributed by atoms with Crippen LogP contribution in [0.25, 0.3) is 0 Å². The van der Waals surface area contributed by atoms with Crippen LogP contribution in [0.1, 0.15) is 22.8 Å². The van der Waals surface area contributed by atoms with Gasteiger partial charge in [-0.1, -0.05) is 29.8 Å². The first-order valence-electron chi connectivity index (χ1n) is 9.12. The van der Waals surface area contributed by atoms with Gasteiger partial charge in [0.1, 0.15) is 5.75 Å². The standard InChI is InChI=1S/C22H22N2O4S/c1-3-28-18-12-10-17(11-13-18)23-22(25)20-6-4-5-7-21(20)24-29(26,27)19-14-8-16(2)9-15-19/h4-15,24H,3H2,1-2H3,(H,23,25). The van der Waals surface area contributed by atoms with Gasteiger partial charge in [-0.05, 0) is 62.4 Å². The third-order valence-electron chi connectivity index (χ3n) is 4.17. The van der Waals surface area contributed by atoms with Crippen molar-refractivity contribution in [3.63, 3.8) is 0 Å². The molecule has 0 aliphatic heterocycles. The van der Waals surface area contributed by atoms with Gasteiger partial charge in [-0.15, -0.1) is 0 Å². The molecule has 0 radical (unpaired) electrons. The number of nitrogens with one attached hydrogen (secondary N) is 2. The molecule has 7 heteroatoms. The minimum Gasteiger partial charge on any atom is -0.494 e. The molecule has 0 aromatic heterocycles. The summed E-state index contributed by atoms with van der Waals surface area (Å²) in [5.41, 5.74) is 1.96. The number of rotatable bonds is 7. The molecule has 0 atom stereocenters. The Morgan fingerprint density at radius 3 is 2.24 bits per heavy atom. The number of hydrogen-bond acceptors (Lipinski definition) is 4. The summed E-state index contributed by atoms with van der Waals surface area (Å²) in [6.07, 6.45) is 0. The third kappa shape index (κ3) is 5.14. The van der Waals surface area contributed by atoms with Crippen LogP contribution >= 0.6 is 0 Å². The van der Waals surface area contributed by atoms with E-state index in [0.29, 0.717) is 18.0 Å². The Morgan fingerprint density at radius 1 is 0.931 bits per heavy atom. The predicted molar refractivity (Wildman–Crippen MR) is 114 cm³/mol. The normalized spacial score (nSPS) is 11.0. The Bertz CT molecular complexity index is 1090. The van der Waals surface area contributed by atoms with E-state index in [1.807, 2.05) is 13.8 Å². The summed E-state index contributed by atoms with van der Waals surface area (Å²) < 4.78 is 33.3. The molecule has 0 saturated heterocycles. The minimum absolute atomic E-state index is 0.129. The molecule has 0 bridgehead atoms. The van der Waals surface area contributed by atoms with Crippen molar-refractivity contribution in [2.45, 2.75) is 18.7 Å². The largest absolute Gasteiger partial charge is 0.494 e. The molecular formula is C22H22N2O4S. The monoisotopic (exact) mass is 410 g/mol. The smallest absolute Gasteiger partial charge is 0.261 e. The van der Waals surface area contributed by atoms with E-state index >= 15 is 0 Å². The molecule has 2 N–H and O–H groups in total. The molecule has 0 spiro atoms. The van der Waals surface area contributed by atoms with E-state index in [9.17, 15) is 13.2 Å². The molecule has 0 aliphatic carbocycles. The lowest BCUT2D eigenvalue weighted by Crippen LogP contribution is -2.18. The number of para-hydroxylation sites is 1. The summed E-state index contributed by atoms with van der Waals surface area (Å²) in [5.74, 6) is 0.285. The van der Waals surface area contributed by atoms with Crippen LogP contribution in [-0.2, 0) is 10.0 Å². The zero-order valence-electron chi connectivity index (χ0n) is 16.2. The molecule has 3 rings (SSSR count). The van der Waals surface area contributed by atoms with Crippen molar-refractivity contribution in [3.8, 4) is 5.75 Å². The van der Waals surface area contributed by atoms with E-state index in [1.165, 1.54) is 12.1 Å². The van der Waals surface area contributed by atoms with Crippen LogP contribution in [0.5, 0.6) is 5.75 Å². The molecule has 150 valence electrons. The molecule has 1 amide bonds. The Kier molecular flexibility index (Phi) is 6.19. The van der Waals surface area contributed by atoms with Crippen molar-refractivity contribution < 1.29 is 17.9 Å². The first-order valence-corrected chi connectivity index (χ1v) is 10.6. The fourth-order valence-electron chi connectivity index (χ4n) is 2.69. The van der Waals surface area contributed by atoms with Crippen LogP contribution in [0, 0.1) is 6.92 Å². The Hall–Kier alpha value is -3.32. The highest BCUT2D eigenvalue weighted by atomic mass is 32.2. The molecule has 3 aromatic carbocycles. The predicted octanol–water partition coefficient (Wildman–Crippen LogP) is 4.45. The van der Waals surface area contributed by atoms with Gasteiger partial charge in [-0.3, -0.25) is 9.52 Å². The lowest BCUT2D eigenvalue weighted by Gasteiger charge is -2.13. The second kappa shape index (κ2) is 8.79. The van der Waals surface area contributed by atoms with Gasteiger partial charge in [0.15, 0.2) is 0 Å². The van der Waals surface area contributed by atoms with Gasteiger partial charge in [0.25, 0.3) is 15.9 Å². The van der Waals surface area contributed by atoms with Crippen molar-refractivity contribution in [2.24, 2.45) is 0 Å². The fraction of sp³-hybridized carbons (Fsp3) is 0.136. The van der Waals surface area contributed by atoms with Crippen LogP contribution < -0.4 is 14.8 Å². The topological polar surface area (TPSA) is 84.5 Å². The Labute approximate surface area is 170 Å². The van der Waals surface area contributed by atoms with Crippen molar-refractivity contribution in [1.82, 2.24) is 0 Å². The lowest BCUT2D eigenvalue weighted by molar-refractivity contribution is 0.102. The highest BCUT2D eigenvalue weighted by Crippen LogP contribution is 2.22. The first kappa shape index (κ1) is 20.4. The number of sulfonamides is 1. The average Bonchev–Trinajstić information content (AvgIpc) is 2.70. The van der Waals surface area contributed by atoms with Gasteiger partial charge in [-0.25, -0.2) is 8.42 Å². The highest BCUT2D eigenvalue weighted by Gasteiger charge is 2.18. The zero-order valence-corrected chi connectivity index (χ0v) is 17.0. The Balaban J connectivity index is 1.81. The summed E-state index contributed by atoms with van der Waals surface area (Å²) in [7, 11) is -3.82. The van der Waals surface area contributed by atoms with Gasteiger partial charge in [0, 0.05) is 5.69 Å². The van der Waals surface area contributed by atoms with E-state index in [2.05, 4.69) is 10.0 Å². The minimum atomic E-state index is -3.82. The van der Waals surface area contributed by atoms with Crippen LogP contribution in [0.3, 0.4) is 0 Å². The second-order valence-corrected chi connectivity index (χ2v) is 8.06. The summed E-state index contributed by atoms with van der Waals surface area (Å²) in [4.78, 5) is 12.9. The van der Waals surface area contributed by atoms with Crippen molar-refractivity contribution in [1.29, 1.82) is 0 Å². The maximum atomic E-state index is 12.7. The van der Waals surface area contributed by atoms with Gasteiger partial charge >= 0.3 is 0 Å². The van der Waals surface area contributed by atoms with Crippen LogP contribution in [0.2, 0.25) is 0 Å². The van der Waals surface area contributed by atoms with Crippen LogP contribution in [-0.4, -0.2) is 20.9 Å². The molecule has 6 nitrogen and oxygen atoms in total. The first-order chi connectivity index (χ1) is 13.9. The molecule has 29 heavy (non-hydrogen) atoms. The average molecular weight is 410 g/mol. The van der Waals surface area contributed by atoms with E-state index in [-0.39, 0.29) is 16.1 Å². The molecule has 3 aromatic rings. The number of aryl methyl sites for hydroxylation is 1. The number of amides is 1. The Morgan fingerprint density at radius 2 is 1.59 bits per heavy atom. The van der Waals surface area contributed by atoms with Crippen molar-refractivity contribution >= 4 is 27.3 Å². The van der Waals surface area contributed by atoms with E-state index in [4.69, 9.17) is 4.74 Å². The van der Waals surface area contributed by atoms with Gasteiger partial charge in [0.2, 0.25) is 0 Å². The summed E-state index contributed by atoms with van der Waals surface area (Å²) in [6, 6.07) is 19.9. The van der Waals surface area contributed by atoms with E-state index < -0.39 is 15.9 Å².